The molecule has 0 saturated heterocycles. The van der Waals surface area contributed by atoms with E-state index in [9.17, 15) is 9.59 Å². The van der Waals surface area contributed by atoms with Gasteiger partial charge in [-0.1, -0.05) is 48.2 Å². The van der Waals surface area contributed by atoms with Crippen LogP contribution in [0.3, 0.4) is 0 Å². The smallest absolute Gasteiger partial charge is 0.344 e. The summed E-state index contributed by atoms with van der Waals surface area (Å²) in [6.45, 7) is 1.93. The fourth-order valence-electron chi connectivity index (χ4n) is 2.68. The highest BCUT2D eigenvalue weighted by atomic mass is 32.2. The predicted molar refractivity (Wildman–Crippen MR) is 110 cm³/mol. The number of esters is 1. The van der Waals surface area contributed by atoms with Gasteiger partial charge in [0.15, 0.2) is 4.34 Å². The Morgan fingerprint density at radius 2 is 2.04 bits per heavy atom. The maximum Gasteiger partial charge on any atom is 0.344 e. The fraction of sp³-hybridized carbons (Fsp3) is 0.0952. The summed E-state index contributed by atoms with van der Waals surface area (Å²) in [5.74, 6) is 0.244. The van der Waals surface area contributed by atoms with Crippen molar-refractivity contribution in [1.82, 2.24) is 4.98 Å². The number of thiazole rings is 1. The molecule has 28 heavy (non-hydrogen) atoms. The van der Waals surface area contributed by atoms with Crippen LogP contribution in [0.15, 0.2) is 73.7 Å². The number of aryl methyl sites for hydroxylation is 1. The van der Waals surface area contributed by atoms with E-state index >= 15 is 0 Å². The molecular formula is C21H15NO4S2. The molecule has 2 aromatic heterocycles. The number of nitrogens with zero attached hydrogens (tertiary/aromatic N) is 1. The lowest BCUT2D eigenvalue weighted by molar-refractivity contribution is 0.0731. The summed E-state index contributed by atoms with van der Waals surface area (Å²) in [5, 5.41) is 3.66. The lowest BCUT2D eigenvalue weighted by Crippen LogP contribution is -2.15. The quantitative estimate of drug-likeness (QED) is 0.339. The minimum atomic E-state index is -0.593. The molecule has 7 heteroatoms. The zero-order valence-electron chi connectivity index (χ0n) is 14.9. The molecule has 0 bridgehead atoms. The third kappa shape index (κ3) is 4.00. The van der Waals surface area contributed by atoms with Crippen molar-refractivity contribution in [2.75, 3.05) is 0 Å². The van der Waals surface area contributed by atoms with E-state index in [0.717, 1.165) is 20.8 Å². The van der Waals surface area contributed by atoms with Crippen molar-refractivity contribution in [2.24, 2.45) is 0 Å². The largest absolute Gasteiger partial charge is 0.464 e. The van der Waals surface area contributed by atoms with Gasteiger partial charge in [-0.2, -0.15) is 0 Å². The minimum Gasteiger partial charge on any atom is -0.464 e. The van der Waals surface area contributed by atoms with Crippen molar-refractivity contribution < 1.29 is 13.9 Å². The van der Waals surface area contributed by atoms with Crippen LogP contribution in [0.4, 0.5) is 0 Å². The molecule has 2 heterocycles. The molecule has 4 aromatic rings. The van der Waals surface area contributed by atoms with Crippen LogP contribution in [0.5, 0.6) is 5.75 Å². The van der Waals surface area contributed by atoms with E-state index in [1.54, 1.807) is 23.5 Å². The summed E-state index contributed by atoms with van der Waals surface area (Å²) in [4.78, 5) is 29.2. The first-order valence-corrected chi connectivity index (χ1v) is 10.3. The first-order valence-electron chi connectivity index (χ1n) is 8.47. The van der Waals surface area contributed by atoms with Gasteiger partial charge in [0.1, 0.15) is 12.0 Å². The van der Waals surface area contributed by atoms with Gasteiger partial charge in [-0.05, 0) is 23.8 Å². The average molecular weight is 409 g/mol. The Morgan fingerprint density at radius 3 is 2.82 bits per heavy atom. The van der Waals surface area contributed by atoms with E-state index in [0.29, 0.717) is 17.1 Å². The van der Waals surface area contributed by atoms with Gasteiger partial charge in [0.2, 0.25) is 11.2 Å². The van der Waals surface area contributed by atoms with Crippen LogP contribution in [0.1, 0.15) is 21.8 Å². The zero-order valence-corrected chi connectivity index (χ0v) is 16.5. The monoisotopic (exact) mass is 409 g/mol. The Hall–Kier alpha value is -2.90. The number of fused-ring (bicyclic) bond motifs is 1. The second kappa shape index (κ2) is 8.00. The first kappa shape index (κ1) is 18.5. The number of thioether (sulfide) groups is 1. The van der Waals surface area contributed by atoms with Gasteiger partial charge in [0, 0.05) is 17.1 Å². The van der Waals surface area contributed by atoms with Gasteiger partial charge in [0.05, 0.1) is 11.3 Å². The highest BCUT2D eigenvalue weighted by Gasteiger charge is 2.15. The van der Waals surface area contributed by atoms with Crippen LogP contribution in [0.25, 0.3) is 10.8 Å². The zero-order chi connectivity index (χ0) is 19.5. The molecule has 0 spiro atoms. The molecule has 5 nitrogen and oxygen atoms in total. The highest BCUT2D eigenvalue weighted by molar-refractivity contribution is 8.00. The number of ether oxygens (including phenoxy) is 1. The highest BCUT2D eigenvalue weighted by Crippen LogP contribution is 2.26. The van der Waals surface area contributed by atoms with Gasteiger partial charge in [0.25, 0.3) is 0 Å². The van der Waals surface area contributed by atoms with Crippen molar-refractivity contribution >= 4 is 39.8 Å². The Labute approximate surface area is 169 Å². The first-order chi connectivity index (χ1) is 13.6. The van der Waals surface area contributed by atoms with Gasteiger partial charge >= 0.3 is 5.97 Å². The maximum atomic E-state index is 12.6. The predicted octanol–water partition coefficient (Wildman–Crippen LogP) is 5.07. The van der Waals surface area contributed by atoms with E-state index < -0.39 is 11.4 Å². The number of aromatic nitrogens is 1. The Balaban J connectivity index is 1.50. The molecule has 0 amide bonds. The molecule has 0 unspecified atom stereocenters. The van der Waals surface area contributed by atoms with Crippen LogP contribution in [-0.2, 0) is 5.75 Å². The van der Waals surface area contributed by atoms with E-state index in [2.05, 4.69) is 4.98 Å². The van der Waals surface area contributed by atoms with Crippen molar-refractivity contribution in [3.05, 3.63) is 87.4 Å². The molecule has 0 radical (unpaired) electrons. The second-order valence-corrected chi connectivity index (χ2v) is 8.12. The van der Waals surface area contributed by atoms with E-state index in [1.807, 2.05) is 42.6 Å². The Kier molecular flexibility index (Phi) is 5.27. The fourth-order valence-corrected chi connectivity index (χ4v) is 4.42. The van der Waals surface area contributed by atoms with Crippen molar-refractivity contribution in [3.63, 3.8) is 0 Å². The normalized spacial score (nSPS) is 10.9. The summed E-state index contributed by atoms with van der Waals surface area (Å²) in [6.07, 6.45) is 1.19. The summed E-state index contributed by atoms with van der Waals surface area (Å²) >= 11 is 3.03. The minimum absolute atomic E-state index is 0.128. The van der Waals surface area contributed by atoms with Crippen molar-refractivity contribution in [2.45, 2.75) is 17.0 Å². The third-order valence-electron chi connectivity index (χ3n) is 4.00. The van der Waals surface area contributed by atoms with Gasteiger partial charge < -0.3 is 9.15 Å². The number of hydrogen-bond donors (Lipinski definition) is 0. The Bertz CT molecular complexity index is 1210. The number of carbonyl (C=O) groups excluding carboxylic acids is 1. The third-order valence-corrected chi connectivity index (χ3v) is 6.16. The standard InChI is InChI=1S/C21H15NO4S2/c1-13-11-27-21(22-13)28-12-15-9-18(23)19(10-25-15)26-20(24)17-8-4-6-14-5-2-3-7-16(14)17/h2-11H,12H2,1H3. The SMILES string of the molecule is Cc1csc(SCc2cc(=O)c(OC(=O)c3cccc4ccccc34)co2)n1. The van der Waals surface area contributed by atoms with Gasteiger partial charge in [-0.25, -0.2) is 9.78 Å². The molecule has 140 valence electrons. The lowest BCUT2D eigenvalue weighted by atomic mass is 10.1. The topological polar surface area (TPSA) is 69.4 Å². The van der Waals surface area contributed by atoms with E-state index in [1.165, 1.54) is 24.1 Å². The van der Waals surface area contributed by atoms with Crippen LogP contribution in [-0.4, -0.2) is 11.0 Å². The lowest BCUT2D eigenvalue weighted by Gasteiger charge is -2.07. The average Bonchev–Trinajstić information content (AvgIpc) is 3.13. The molecule has 2 aromatic carbocycles. The van der Waals surface area contributed by atoms with Crippen LogP contribution < -0.4 is 10.2 Å². The number of rotatable bonds is 5. The molecule has 4 rings (SSSR count). The molecule has 0 fully saturated rings. The molecular weight excluding hydrogens is 394 g/mol. The van der Waals surface area contributed by atoms with Crippen molar-refractivity contribution in [3.8, 4) is 5.75 Å². The van der Waals surface area contributed by atoms with Gasteiger partial charge in [-0.3, -0.25) is 4.79 Å². The number of carbonyl (C=O) groups is 1. The maximum absolute atomic E-state index is 12.6. The molecule has 0 aliphatic rings. The summed E-state index contributed by atoms with van der Waals surface area (Å²) in [6, 6.07) is 14.2. The summed E-state index contributed by atoms with van der Waals surface area (Å²) in [5.41, 5.74) is 0.965. The molecule has 0 saturated carbocycles. The summed E-state index contributed by atoms with van der Waals surface area (Å²) < 4.78 is 11.7. The molecule has 0 aliphatic heterocycles. The van der Waals surface area contributed by atoms with Crippen LogP contribution in [0.2, 0.25) is 0 Å². The molecule has 0 N–H and O–H groups in total. The number of hydrogen-bond acceptors (Lipinski definition) is 7. The summed E-state index contributed by atoms with van der Waals surface area (Å²) in [7, 11) is 0. The molecule has 0 atom stereocenters. The van der Waals surface area contributed by atoms with Gasteiger partial charge in [-0.15, -0.1) is 11.3 Å². The molecule has 0 aliphatic carbocycles. The van der Waals surface area contributed by atoms with E-state index in [4.69, 9.17) is 9.15 Å². The van der Waals surface area contributed by atoms with Crippen molar-refractivity contribution in [1.29, 1.82) is 0 Å². The number of benzene rings is 2. The second-order valence-electron chi connectivity index (χ2n) is 6.03. The van der Waals surface area contributed by atoms with Crippen LogP contribution >= 0.6 is 23.1 Å². The van der Waals surface area contributed by atoms with E-state index in [-0.39, 0.29) is 5.75 Å². The van der Waals surface area contributed by atoms with Crippen LogP contribution in [0, 0.1) is 6.92 Å². The Morgan fingerprint density at radius 1 is 1.21 bits per heavy atom.